The monoisotopic (exact) mass is 429 g/mol. The zero-order valence-corrected chi connectivity index (χ0v) is 17.0. The summed E-state index contributed by atoms with van der Waals surface area (Å²) in [4.78, 5) is 27.0. The summed E-state index contributed by atoms with van der Waals surface area (Å²) in [5, 5.41) is 11.6. The van der Waals surface area contributed by atoms with Crippen molar-refractivity contribution in [2.24, 2.45) is 0 Å². The van der Waals surface area contributed by atoms with Crippen molar-refractivity contribution in [2.45, 2.75) is 6.04 Å². The number of aliphatic hydroxyl groups is 1. The fraction of sp³-hybridized carbons (Fsp3) is 0.273. The van der Waals surface area contributed by atoms with E-state index in [1.165, 1.54) is 12.0 Å². The topological polar surface area (TPSA) is 85.3 Å². The zero-order chi connectivity index (χ0) is 21.3. The third-order valence-corrected chi connectivity index (χ3v) is 5.33. The molecule has 0 bridgehead atoms. The van der Waals surface area contributed by atoms with Gasteiger partial charge in [-0.3, -0.25) is 9.59 Å². The summed E-state index contributed by atoms with van der Waals surface area (Å²) in [6.07, 6.45) is 0. The summed E-state index contributed by atoms with van der Waals surface area (Å²) in [6.45, 7) is 1.29. The number of hydrogen-bond donors (Lipinski definition) is 1. The molecule has 0 saturated carbocycles. The van der Waals surface area contributed by atoms with Gasteiger partial charge in [0.15, 0.2) is 11.5 Å². The lowest BCUT2D eigenvalue weighted by Crippen LogP contribution is -2.32. The summed E-state index contributed by atoms with van der Waals surface area (Å²) in [5.74, 6) is -0.677. The third kappa shape index (κ3) is 3.62. The highest BCUT2D eigenvalue weighted by Crippen LogP contribution is 2.41. The molecule has 2 aromatic carbocycles. The number of ether oxygens (including phenoxy) is 3. The van der Waals surface area contributed by atoms with Crippen molar-refractivity contribution < 1.29 is 28.9 Å². The minimum Gasteiger partial charge on any atom is -0.507 e. The quantitative estimate of drug-likeness (QED) is 0.446. The normalized spacial score (nSPS) is 19.9. The third-order valence-electron chi connectivity index (χ3n) is 5.08. The van der Waals surface area contributed by atoms with E-state index in [1.54, 1.807) is 42.5 Å². The van der Waals surface area contributed by atoms with Gasteiger partial charge in [-0.25, -0.2) is 0 Å². The van der Waals surface area contributed by atoms with Crippen LogP contribution < -0.4 is 9.47 Å². The number of likely N-dealkylation sites (tertiary alicyclic amines) is 1. The Labute approximate surface area is 178 Å². The summed E-state index contributed by atoms with van der Waals surface area (Å²) in [6, 6.07) is 11.0. The summed E-state index contributed by atoms with van der Waals surface area (Å²) in [5.41, 5.74) is 1.03. The van der Waals surface area contributed by atoms with E-state index in [0.29, 0.717) is 40.9 Å². The van der Waals surface area contributed by atoms with Crippen LogP contribution in [0.2, 0.25) is 5.02 Å². The molecular formula is C22H20ClNO6. The Balaban J connectivity index is 1.82. The Morgan fingerprint density at radius 1 is 1.13 bits per heavy atom. The molecule has 2 aromatic rings. The first-order chi connectivity index (χ1) is 14.5. The summed E-state index contributed by atoms with van der Waals surface area (Å²) in [7, 11) is 1.52. The SMILES string of the molecule is COCCN1C(=O)C(=O)/C(=C(/O)c2ccc3c(c2)OCCO3)C1c1ccc(Cl)cc1. The van der Waals surface area contributed by atoms with Gasteiger partial charge in [-0.05, 0) is 35.9 Å². The average Bonchev–Trinajstić information content (AvgIpc) is 3.02. The van der Waals surface area contributed by atoms with Crippen molar-refractivity contribution >= 4 is 29.1 Å². The van der Waals surface area contributed by atoms with Gasteiger partial charge in [-0.1, -0.05) is 23.7 Å². The lowest BCUT2D eigenvalue weighted by molar-refractivity contribution is -0.140. The van der Waals surface area contributed by atoms with E-state index in [0.717, 1.165) is 0 Å². The van der Waals surface area contributed by atoms with E-state index < -0.39 is 17.7 Å². The first-order valence-corrected chi connectivity index (χ1v) is 9.82. The number of aliphatic hydroxyl groups excluding tert-OH is 1. The number of carbonyl (C=O) groups excluding carboxylic acids is 2. The number of rotatable bonds is 5. The standard InChI is InChI=1S/C22H20ClNO6/c1-28-9-8-24-19(13-2-5-15(23)6-3-13)18(21(26)22(24)27)20(25)14-4-7-16-17(12-14)30-11-10-29-16/h2-7,12,19,25H,8-11H2,1H3/b20-18+. The van der Waals surface area contributed by atoms with Crippen molar-refractivity contribution in [3.05, 3.63) is 64.2 Å². The smallest absolute Gasteiger partial charge is 0.295 e. The van der Waals surface area contributed by atoms with Gasteiger partial charge >= 0.3 is 0 Å². The second kappa shape index (κ2) is 8.38. The number of methoxy groups -OCH3 is 1. The lowest BCUT2D eigenvalue weighted by atomic mass is 9.95. The van der Waals surface area contributed by atoms with Gasteiger partial charge in [0.05, 0.1) is 18.2 Å². The van der Waals surface area contributed by atoms with E-state index in [1.807, 2.05) is 0 Å². The number of halogens is 1. The zero-order valence-electron chi connectivity index (χ0n) is 16.3. The average molecular weight is 430 g/mol. The number of benzene rings is 2. The van der Waals surface area contributed by atoms with E-state index >= 15 is 0 Å². The molecule has 30 heavy (non-hydrogen) atoms. The highest BCUT2D eigenvalue weighted by Gasteiger charge is 2.45. The van der Waals surface area contributed by atoms with Gasteiger partial charge in [0, 0.05) is 24.2 Å². The van der Waals surface area contributed by atoms with Crippen LogP contribution in [0.15, 0.2) is 48.0 Å². The van der Waals surface area contributed by atoms with Crippen LogP contribution in [0.5, 0.6) is 11.5 Å². The Morgan fingerprint density at radius 2 is 1.83 bits per heavy atom. The fourth-order valence-electron chi connectivity index (χ4n) is 3.64. The fourth-order valence-corrected chi connectivity index (χ4v) is 3.76. The predicted molar refractivity (Wildman–Crippen MR) is 110 cm³/mol. The lowest BCUT2D eigenvalue weighted by Gasteiger charge is -2.25. The Hall–Kier alpha value is -3.03. The number of Topliss-reactive ketones (excluding diaryl/α,β-unsaturated/α-hetero) is 1. The molecule has 1 amide bonds. The molecule has 1 N–H and O–H groups in total. The molecule has 156 valence electrons. The van der Waals surface area contributed by atoms with Crippen LogP contribution in [-0.4, -0.2) is 55.2 Å². The minimum atomic E-state index is -0.759. The second-order valence-electron chi connectivity index (χ2n) is 6.90. The maximum Gasteiger partial charge on any atom is 0.295 e. The number of carbonyl (C=O) groups is 2. The van der Waals surface area contributed by atoms with E-state index in [4.69, 9.17) is 25.8 Å². The Morgan fingerprint density at radius 3 is 2.53 bits per heavy atom. The van der Waals surface area contributed by atoms with Gasteiger partial charge in [0.1, 0.15) is 19.0 Å². The minimum absolute atomic E-state index is 0.00935. The van der Waals surface area contributed by atoms with Crippen molar-refractivity contribution in [2.75, 3.05) is 33.5 Å². The molecule has 1 unspecified atom stereocenters. The van der Waals surface area contributed by atoms with Crippen molar-refractivity contribution in [3.8, 4) is 11.5 Å². The molecule has 0 aliphatic carbocycles. The summed E-state index contributed by atoms with van der Waals surface area (Å²) < 4.78 is 16.2. The number of fused-ring (bicyclic) bond motifs is 1. The summed E-state index contributed by atoms with van der Waals surface area (Å²) >= 11 is 6.00. The van der Waals surface area contributed by atoms with Gasteiger partial charge in [0.25, 0.3) is 11.7 Å². The number of hydrogen-bond acceptors (Lipinski definition) is 6. The number of ketones is 1. The van der Waals surface area contributed by atoms with Gasteiger partial charge in [0.2, 0.25) is 0 Å². The van der Waals surface area contributed by atoms with Crippen LogP contribution in [0.25, 0.3) is 5.76 Å². The molecule has 0 radical (unpaired) electrons. The number of amides is 1. The second-order valence-corrected chi connectivity index (χ2v) is 7.33. The van der Waals surface area contributed by atoms with Gasteiger partial charge in [-0.15, -0.1) is 0 Å². The molecule has 7 nitrogen and oxygen atoms in total. The Bertz CT molecular complexity index is 1020. The molecule has 2 aliphatic rings. The first kappa shape index (κ1) is 20.3. The molecule has 1 saturated heterocycles. The van der Waals surface area contributed by atoms with Crippen LogP contribution in [0, 0.1) is 0 Å². The first-order valence-electron chi connectivity index (χ1n) is 9.44. The van der Waals surface area contributed by atoms with Crippen molar-refractivity contribution in [1.82, 2.24) is 4.90 Å². The molecule has 1 atom stereocenters. The molecule has 4 rings (SSSR count). The van der Waals surface area contributed by atoms with Crippen LogP contribution >= 0.6 is 11.6 Å². The van der Waals surface area contributed by atoms with Crippen LogP contribution in [0.4, 0.5) is 0 Å². The van der Waals surface area contributed by atoms with Gasteiger partial charge < -0.3 is 24.2 Å². The van der Waals surface area contributed by atoms with Crippen LogP contribution in [-0.2, 0) is 14.3 Å². The van der Waals surface area contributed by atoms with Crippen LogP contribution in [0.1, 0.15) is 17.2 Å². The highest BCUT2D eigenvalue weighted by molar-refractivity contribution is 6.46. The molecule has 2 heterocycles. The largest absolute Gasteiger partial charge is 0.507 e. The van der Waals surface area contributed by atoms with Crippen molar-refractivity contribution in [1.29, 1.82) is 0 Å². The number of nitrogens with zero attached hydrogens (tertiary/aromatic N) is 1. The molecule has 0 spiro atoms. The van der Waals surface area contributed by atoms with E-state index in [2.05, 4.69) is 0 Å². The predicted octanol–water partition coefficient (Wildman–Crippen LogP) is 3.18. The molecule has 8 heteroatoms. The maximum atomic E-state index is 12.9. The molecular weight excluding hydrogens is 410 g/mol. The Kier molecular flexibility index (Phi) is 5.65. The molecule has 2 aliphatic heterocycles. The van der Waals surface area contributed by atoms with Crippen LogP contribution in [0.3, 0.4) is 0 Å². The molecule has 1 fully saturated rings. The maximum absolute atomic E-state index is 12.9. The van der Waals surface area contributed by atoms with E-state index in [9.17, 15) is 14.7 Å². The highest BCUT2D eigenvalue weighted by atomic mass is 35.5. The molecule has 0 aromatic heterocycles. The van der Waals surface area contributed by atoms with Gasteiger partial charge in [-0.2, -0.15) is 0 Å². The van der Waals surface area contributed by atoms with Crippen molar-refractivity contribution in [3.63, 3.8) is 0 Å². The van der Waals surface area contributed by atoms with E-state index in [-0.39, 0.29) is 24.5 Å².